The van der Waals surface area contributed by atoms with E-state index in [4.69, 9.17) is 10.5 Å². The first-order chi connectivity index (χ1) is 6.57. The monoisotopic (exact) mass is 239 g/mol. The molecular weight excluding hydrogens is 228 g/mol. The van der Waals surface area contributed by atoms with E-state index in [9.17, 15) is 13.9 Å². The number of phenolic OH excluding ortho intramolecular Hbond substituents is 1. The molecule has 0 bridgehead atoms. The molecule has 0 aliphatic carbocycles. The molecule has 15 heavy (non-hydrogen) atoms. The Hall–Kier alpha value is -1.07. The third kappa shape index (κ3) is 2.94. The van der Waals surface area contributed by atoms with Crippen LogP contribution in [0.3, 0.4) is 0 Å². The van der Waals surface area contributed by atoms with Gasteiger partial charge >= 0.3 is 0 Å². The molecule has 0 saturated heterocycles. The topological polar surface area (TPSA) is 55.5 Å². The summed E-state index contributed by atoms with van der Waals surface area (Å²) in [6.07, 6.45) is -2.74. The lowest BCUT2D eigenvalue weighted by molar-refractivity contribution is 0.114. The zero-order chi connectivity index (χ0) is 10.7. The second-order valence-corrected chi connectivity index (χ2v) is 2.75. The van der Waals surface area contributed by atoms with E-state index in [1.165, 1.54) is 25.3 Å². The van der Waals surface area contributed by atoms with Gasteiger partial charge in [0.2, 0.25) is 0 Å². The highest BCUT2D eigenvalue weighted by molar-refractivity contribution is 5.85. The van der Waals surface area contributed by atoms with Crippen LogP contribution in [0.2, 0.25) is 0 Å². The van der Waals surface area contributed by atoms with Crippen molar-refractivity contribution in [3.8, 4) is 11.5 Å². The maximum Gasteiger partial charge on any atom is 0.257 e. The van der Waals surface area contributed by atoms with Crippen molar-refractivity contribution >= 4 is 12.4 Å². The van der Waals surface area contributed by atoms with Crippen molar-refractivity contribution in [1.29, 1.82) is 0 Å². The second-order valence-electron chi connectivity index (χ2n) is 2.75. The number of rotatable bonds is 3. The molecule has 0 aliphatic rings. The summed E-state index contributed by atoms with van der Waals surface area (Å²) in [7, 11) is 1.33. The molecule has 0 spiro atoms. The fraction of sp³-hybridized carbons (Fsp3) is 0.333. The fourth-order valence-corrected chi connectivity index (χ4v) is 1.17. The molecule has 1 atom stereocenters. The summed E-state index contributed by atoms with van der Waals surface area (Å²) in [5.41, 5.74) is 5.16. The SMILES string of the molecule is COc1cccc(O)c1[C@@H](N)C(F)F.Cl. The van der Waals surface area contributed by atoms with Gasteiger partial charge in [0, 0.05) is 0 Å². The average Bonchev–Trinajstić information content (AvgIpc) is 2.16. The number of hydrogen-bond acceptors (Lipinski definition) is 3. The van der Waals surface area contributed by atoms with Crippen LogP contribution in [0, 0.1) is 0 Å². The van der Waals surface area contributed by atoms with Crippen LogP contribution in [0.4, 0.5) is 8.78 Å². The van der Waals surface area contributed by atoms with Gasteiger partial charge in [-0.2, -0.15) is 0 Å². The largest absolute Gasteiger partial charge is 0.507 e. The van der Waals surface area contributed by atoms with Crippen molar-refractivity contribution < 1.29 is 18.6 Å². The molecule has 0 aromatic heterocycles. The third-order valence-electron chi connectivity index (χ3n) is 1.87. The molecule has 86 valence electrons. The Labute approximate surface area is 92.3 Å². The summed E-state index contributed by atoms with van der Waals surface area (Å²) in [6, 6.07) is 2.72. The van der Waals surface area contributed by atoms with Gasteiger partial charge in [0.15, 0.2) is 0 Å². The van der Waals surface area contributed by atoms with Crippen LogP contribution in [0.25, 0.3) is 0 Å². The number of methoxy groups -OCH3 is 1. The molecule has 0 aliphatic heterocycles. The molecule has 0 unspecified atom stereocenters. The van der Waals surface area contributed by atoms with Gasteiger partial charge in [0.05, 0.1) is 18.7 Å². The number of alkyl halides is 2. The van der Waals surface area contributed by atoms with E-state index < -0.39 is 12.5 Å². The zero-order valence-electron chi connectivity index (χ0n) is 7.98. The van der Waals surface area contributed by atoms with E-state index in [1.807, 2.05) is 0 Å². The lowest BCUT2D eigenvalue weighted by Gasteiger charge is -2.15. The predicted octanol–water partition coefficient (Wildman–Crippen LogP) is 2.09. The normalized spacial score (nSPS) is 12.1. The van der Waals surface area contributed by atoms with Gasteiger partial charge in [0.25, 0.3) is 6.43 Å². The van der Waals surface area contributed by atoms with Crippen LogP contribution < -0.4 is 10.5 Å². The minimum absolute atomic E-state index is 0. The van der Waals surface area contributed by atoms with Crippen LogP contribution in [0.1, 0.15) is 11.6 Å². The van der Waals surface area contributed by atoms with Gasteiger partial charge in [0.1, 0.15) is 11.5 Å². The summed E-state index contributed by atoms with van der Waals surface area (Å²) in [6.45, 7) is 0. The van der Waals surface area contributed by atoms with Crippen molar-refractivity contribution in [3.63, 3.8) is 0 Å². The fourth-order valence-electron chi connectivity index (χ4n) is 1.17. The molecule has 0 saturated carbocycles. The Kier molecular flexibility index (Phi) is 5.32. The minimum Gasteiger partial charge on any atom is -0.507 e. The van der Waals surface area contributed by atoms with Crippen LogP contribution in [0.15, 0.2) is 18.2 Å². The Bertz CT molecular complexity index is 323. The Morgan fingerprint density at radius 3 is 2.47 bits per heavy atom. The molecule has 0 heterocycles. The van der Waals surface area contributed by atoms with Crippen molar-refractivity contribution in [3.05, 3.63) is 23.8 Å². The van der Waals surface area contributed by atoms with Gasteiger partial charge in [-0.3, -0.25) is 0 Å². The van der Waals surface area contributed by atoms with E-state index in [0.29, 0.717) is 0 Å². The van der Waals surface area contributed by atoms with E-state index in [0.717, 1.165) is 0 Å². The van der Waals surface area contributed by atoms with Gasteiger partial charge < -0.3 is 15.6 Å². The van der Waals surface area contributed by atoms with Gasteiger partial charge in [-0.05, 0) is 12.1 Å². The van der Waals surface area contributed by atoms with Crippen molar-refractivity contribution in [2.24, 2.45) is 5.73 Å². The minimum atomic E-state index is -2.74. The molecule has 1 aromatic rings. The standard InChI is InChI=1S/C9H11F2NO2.ClH/c1-14-6-4-2-3-5(13)7(6)8(12)9(10)11;/h2-4,8-9,13H,12H2,1H3;1H/t8-;/m1./s1. The summed E-state index contributed by atoms with van der Waals surface area (Å²) < 4.78 is 29.5. The number of halogens is 3. The van der Waals surface area contributed by atoms with Crippen LogP contribution >= 0.6 is 12.4 Å². The van der Waals surface area contributed by atoms with E-state index >= 15 is 0 Å². The predicted molar refractivity (Wildman–Crippen MR) is 54.8 cm³/mol. The average molecular weight is 240 g/mol. The molecule has 3 N–H and O–H groups in total. The number of nitrogens with two attached hydrogens (primary N) is 1. The highest BCUT2D eigenvalue weighted by Crippen LogP contribution is 2.34. The lowest BCUT2D eigenvalue weighted by atomic mass is 10.1. The van der Waals surface area contributed by atoms with Crippen LogP contribution in [-0.2, 0) is 0 Å². The Morgan fingerprint density at radius 2 is 2.00 bits per heavy atom. The third-order valence-corrected chi connectivity index (χ3v) is 1.87. The van der Waals surface area contributed by atoms with Gasteiger partial charge in [-0.15, -0.1) is 12.4 Å². The van der Waals surface area contributed by atoms with Gasteiger partial charge in [-0.25, -0.2) is 8.78 Å². The summed E-state index contributed by atoms with van der Waals surface area (Å²) in [5.74, 6) is -0.116. The maximum absolute atomic E-state index is 12.3. The zero-order valence-corrected chi connectivity index (χ0v) is 8.80. The lowest BCUT2D eigenvalue weighted by Crippen LogP contribution is -2.19. The number of aromatic hydroxyl groups is 1. The summed E-state index contributed by atoms with van der Waals surface area (Å²) in [4.78, 5) is 0. The summed E-state index contributed by atoms with van der Waals surface area (Å²) in [5, 5.41) is 9.35. The molecule has 0 amide bonds. The Morgan fingerprint density at radius 1 is 1.40 bits per heavy atom. The molecule has 0 fully saturated rings. The van der Waals surface area contributed by atoms with Crippen molar-refractivity contribution in [2.75, 3.05) is 7.11 Å². The number of ether oxygens (including phenoxy) is 1. The first kappa shape index (κ1) is 13.9. The molecule has 1 rings (SSSR count). The highest BCUT2D eigenvalue weighted by Gasteiger charge is 2.24. The number of hydrogen-bond donors (Lipinski definition) is 2. The summed E-state index contributed by atoms with van der Waals surface area (Å²) >= 11 is 0. The maximum atomic E-state index is 12.3. The molecule has 6 heteroatoms. The van der Waals surface area contributed by atoms with Crippen LogP contribution in [-0.4, -0.2) is 18.6 Å². The Balaban J connectivity index is 0.00000196. The quantitative estimate of drug-likeness (QED) is 0.849. The number of benzene rings is 1. The van der Waals surface area contributed by atoms with E-state index in [2.05, 4.69) is 0 Å². The molecule has 1 aromatic carbocycles. The second kappa shape index (κ2) is 5.72. The number of phenols is 1. The highest BCUT2D eigenvalue weighted by atomic mass is 35.5. The van der Waals surface area contributed by atoms with Gasteiger partial charge in [-0.1, -0.05) is 6.07 Å². The molecule has 3 nitrogen and oxygen atoms in total. The smallest absolute Gasteiger partial charge is 0.257 e. The first-order valence-electron chi connectivity index (χ1n) is 3.97. The van der Waals surface area contributed by atoms with Crippen molar-refractivity contribution in [2.45, 2.75) is 12.5 Å². The first-order valence-corrected chi connectivity index (χ1v) is 3.97. The van der Waals surface area contributed by atoms with E-state index in [1.54, 1.807) is 0 Å². The van der Waals surface area contributed by atoms with E-state index in [-0.39, 0.29) is 29.5 Å². The van der Waals surface area contributed by atoms with Crippen LogP contribution in [0.5, 0.6) is 11.5 Å². The molecule has 0 radical (unpaired) electrons. The molecular formula is C9H12ClF2NO2. The van der Waals surface area contributed by atoms with Crippen molar-refractivity contribution in [1.82, 2.24) is 0 Å².